The second kappa shape index (κ2) is 34.4. The number of amides is 4. The Labute approximate surface area is 726 Å². The molecule has 0 unspecified atom stereocenters. The molecule has 0 atom stereocenters. The van der Waals surface area contributed by atoms with Crippen LogP contribution < -0.4 is 71.3 Å². The molecule has 4 amide bonds. The Morgan fingerprint density at radius 1 is 0.504 bits per heavy atom. The van der Waals surface area contributed by atoms with Gasteiger partial charge in [0.2, 0.25) is 17.8 Å². The van der Waals surface area contributed by atoms with E-state index in [-0.39, 0.29) is 101 Å². The maximum Gasteiger partial charge on any atom is 0.409 e. The van der Waals surface area contributed by atoms with Gasteiger partial charge in [0.25, 0.3) is 34.4 Å². The number of anilines is 11. The highest BCUT2D eigenvalue weighted by Crippen LogP contribution is 2.53. The molecule has 3 N–H and O–H groups in total. The van der Waals surface area contributed by atoms with E-state index in [0.717, 1.165) is 80.3 Å². The molecule has 1 spiro atoms. The first kappa shape index (κ1) is 81.9. The number of hydrogen-bond acceptors (Lipinski definition) is 27. The first-order valence-corrected chi connectivity index (χ1v) is 42.5. The number of benzene rings is 3. The van der Waals surface area contributed by atoms with E-state index < -0.39 is 5.82 Å². The number of pyridine rings is 3. The van der Waals surface area contributed by atoms with Crippen LogP contribution in [-0.2, 0) is 50.7 Å². The molecule has 652 valence electrons. The van der Waals surface area contributed by atoms with E-state index in [9.17, 15) is 33.6 Å². The summed E-state index contributed by atoms with van der Waals surface area (Å²) in [6.45, 7) is 8.49. The molecule has 0 radical (unpaired) electrons. The lowest BCUT2D eigenvalue weighted by Gasteiger charge is -2.35. The van der Waals surface area contributed by atoms with Gasteiger partial charge in [0.05, 0.1) is 26.7 Å². The number of nitrogens with zero attached hydrogens (tertiary/aromatic N) is 23. The predicted octanol–water partition coefficient (Wildman–Crippen LogP) is 8.89. The molecule has 8 aliphatic heterocycles. The number of ether oxygens (including phenoxy) is 4. The van der Waals surface area contributed by atoms with E-state index in [2.05, 4.69) is 95.8 Å². The molecule has 9 aliphatic rings. The van der Waals surface area contributed by atoms with Gasteiger partial charge in [-0.1, -0.05) is 42.5 Å². The van der Waals surface area contributed by atoms with Crippen molar-refractivity contribution in [3.63, 3.8) is 0 Å². The Morgan fingerprint density at radius 3 is 1.45 bits per heavy atom. The highest BCUT2D eigenvalue weighted by Gasteiger charge is 2.48. The highest BCUT2D eigenvalue weighted by molar-refractivity contribution is 5.99. The molecular formula is C89H93FN26O11. The fourth-order valence-electron chi connectivity index (χ4n) is 17.3. The zero-order valence-electron chi connectivity index (χ0n) is 70.8. The zero-order valence-corrected chi connectivity index (χ0v) is 70.8. The van der Waals surface area contributed by atoms with E-state index in [4.69, 9.17) is 43.9 Å². The third-order valence-electron chi connectivity index (χ3n) is 24.0. The Hall–Kier alpha value is -14.7. The van der Waals surface area contributed by atoms with E-state index in [1.165, 1.54) is 63.8 Å². The van der Waals surface area contributed by atoms with Crippen molar-refractivity contribution in [3.8, 4) is 34.7 Å². The SMILES string of the molecule is CN(C)CCN(C)c1ccc(Nc2ncc3c(=O)n4n(c3n2)-c2ccc3c(n2)N(CCCC=CC4)C(=O)CO3)cc1.CN1Cc2cc(Nc3ncc4c(=O)n5n(c4n3)-c3cc(F)c4c(n3)N(CCCC=CC5)C(=O)CO4)ccc2C2(CC2)C1.COC(=O)N1CCN(c2ccc(Nc3ncc4c(=O)n5n(c4n3)-c3ccc4c(n3)N(CCCC=CC5)C(=O)CO4)cc2)CC1. The molecule has 12 aromatic rings. The molecule has 38 heteroatoms. The second-order valence-corrected chi connectivity index (χ2v) is 32.8. The Kier molecular flexibility index (Phi) is 22.2. The van der Waals surface area contributed by atoms with Gasteiger partial charge in [-0.15, -0.1) is 0 Å². The van der Waals surface area contributed by atoms with Crippen LogP contribution in [0.3, 0.4) is 0 Å². The summed E-state index contributed by atoms with van der Waals surface area (Å²) in [7, 11) is 9.74. The molecule has 37 nitrogen and oxygen atoms in total. The van der Waals surface area contributed by atoms with Crippen LogP contribution in [0.4, 0.5) is 72.9 Å². The third-order valence-corrected chi connectivity index (χ3v) is 24.0. The molecule has 1 saturated carbocycles. The quantitative estimate of drug-likeness (QED) is 0.102. The maximum absolute atomic E-state index is 15.4. The fraction of sp³-hybridized carbons (Fsp3) is 0.348. The number of piperazine rings is 1. The monoisotopic (exact) mass is 1720 g/mol. The van der Waals surface area contributed by atoms with E-state index in [1.54, 1.807) is 63.9 Å². The van der Waals surface area contributed by atoms with Crippen molar-refractivity contribution >= 4 is 121 Å². The number of aromatic nitrogens is 15. The highest BCUT2D eigenvalue weighted by atomic mass is 19.1. The van der Waals surface area contributed by atoms with Crippen molar-refractivity contribution in [1.82, 2.24) is 87.6 Å². The van der Waals surface area contributed by atoms with E-state index in [1.807, 2.05) is 91.1 Å². The number of nitrogens with one attached hydrogen (secondary N) is 3. The minimum Gasteiger partial charge on any atom is -0.480 e. The molecule has 9 aromatic heterocycles. The first-order chi connectivity index (χ1) is 61.8. The minimum absolute atomic E-state index is 0.0172. The molecule has 21 rings (SSSR count). The second-order valence-electron chi connectivity index (χ2n) is 32.8. The summed E-state index contributed by atoms with van der Waals surface area (Å²) in [5, 5.41) is 10.8. The van der Waals surface area contributed by atoms with Crippen molar-refractivity contribution in [2.75, 3.05) is 161 Å². The lowest BCUT2D eigenvalue weighted by Crippen LogP contribution is -2.48. The van der Waals surface area contributed by atoms with Crippen LogP contribution in [0.5, 0.6) is 17.2 Å². The number of carbonyl (C=O) groups excluding carboxylic acids is 4. The van der Waals surface area contributed by atoms with Gasteiger partial charge in [0.15, 0.2) is 94.7 Å². The van der Waals surface area contributed by atoms with Gasteiger partial charge in [-0.25, -0.2) is 67.2 Å². The average molecular weight is 1720 g/mol. The molecule has 2 fully saturated rings. The molecule has 1 saturated heterocycles. The number of allylic oxidation sites excluding steroid dienone is 6. The average Bonchev–Trinajstić information content (AvgIpc) is 1.52. The largest absolute Gasteiger partial charge is 0.480 e. The van der Waals surface area contributed by atoms with Gasteiger partial charge in [0.1, 0.15) is 16.2 Å². The summed E-state index contributed by atoms with van der Waals surface area (Å²) in [5.41, 5.74) is 7.89. The lowest BCUT2D eigenvalue weighted by molar-refractivity contribution is -0.122. The molecule has 6 bridgehead atoms. The predicted molar refractivity (Wildman–Crippen MR) is 476 cm³/mol. The van der Waals surface area contributed by atoms with Crippen molar-refractivity contribution in [1.29, 1.82) is 0 Å². The van der Waals surface area contributed by atoms with Crippen LogP contribution in [0.15, 0.2) is 166 Å². The topological polar surface area (TPSA) is 364 Å². The van der Waals surface area contributed by atoms with Gasteiger partial charge < -0.3 is 59.4 Å². The normalized spacial score (nSPS) is 16.8. The number of carbonyl (C=O) groups is 4. The summed E-state index contributed by atoms with van der Waals surface area (Å²) in [5.74, 6) is 2.73. The number of likely N-dealkylation sites (N-methyl/N-ethyl adjacent to an activating group) is 3. The molecule has 3 aromatic carbocycles. The van der Waals surface area contributed by atoms with Gasteiger partial charge in [0, 0.05) is 138 Å². The standard InChI is InChI=1S/C30H29FN8O3.C30H31N9O5.C29H33N9O3/c1-36-15-18-12-19(6-7-21(18)30(17-36)8-9-30)33-29-32-14-20-26(35-29)39-23-13-22(31)25-27(34-23)37(24(40)16-42-25)10-4-2-3-5-11-38(39)28(20)41;1-43-30(42)36-16-14-35(15-17-36)21-8-6-20(7-9-21)32-29-31-18-22-26(34-29)39-24-11-10-23-27(33-24)37(25(40)19-44-23)12-4-2-3-5-13-38(39)28(22)41;1-34(2)16-17-35(3)21-10-8-20(9-11-21)31-29-30-18-22-26(33-29)38-24-13-12-23-27(32-24)36(25(39)19-41-23)14-6-4-5-7-15-37(38)28(22)40/h3,5-7,12-14H,2,4,8-11,15-17H2,1H3,(H,32,33,35);3,5-11,18H,2,4,12-17,19H2,1H3,(H,31,32,34);5,7-13,18H,4,6,14-17,19H2,1-3H3,(H,30,31,33). The smallest absolute Gasteiger partial charge is 0.409 e. The molecule has 17 heterocycles. The summed E-state index contributed by atoms with van der Waals surface area (Å²) in [6, 6.07) is 30.6. The van der Waals surface area contributed by atoms with Crippen molar-refractivity contribution in [3.05, 3.63) is 200 Å². The summed E-state index contributed by atoms with van der Waals surface area (Å²) >= 11 is 0. The number of methoxy groups -OCH3 is 1. The Morgan fingerprint density at radius 2 is 0.961 bits per heavy atom. The van der Waals surface area contributed by atoms with Crippen molar-refractivity contribution in [2.24, 2.45) is 0 Å². The molecule has 1 aliphatic carbocycles. The van der Waals surface area contributed by atoms with Gasteiger partial charge in [-0.2, -0.15) is 15.0 Å². The number of rotatable bonds is 11. The van der Waals surface area contributed by atoms with Crippen LogP contribution in [0.2, 0.25) is 0 Å². The van der Waals surface area contributed by atoms with Gasteiger partial charge >= 0.3 is 6.09 Å². The van der Waals surface area contributed by atoms with E-state index in [0.29, 0.717) is 146 Å². The molecule has 127 heavy (non-hydrogen) atoms. The fourth-order valence-corrected chi connectivity index (χ4v) is 17.3. The van der Waals surface area contributed by atoms with Crippen LogP contribution in [0.25, 0.3) is 50.6 Å². The molecular weight excluding hydrogens is 1630 g/mol. The number of fused-ring (bicyclic) bond motifs is 17. The summed E-state index contributed by atoms with van der Waals surface area (Å²) in [4.78, 5) is 148. The van der Waals surface area contributed by atoms with Crippen molar-refractivity contribution in [2.45, 2.75) is 83.0 Å². The maximum atomic E-state index is 15.4. The Bertz CT molecular complexity index is 6620. The summed E-state index contributed by atoms with van der Waals surface area (Å²) in [6.07, 6.45) is 22.9. The van der Waals surface area contributed by atoms with Crippen LogP contribution in [0, 0.1) is 5.82 Å². The van der Waals surface area contributed by atoms with Crippen LogP contribution >= 0.6 is 0 Å². The van der Waals surface area contributed by atoms with Gasteiger partial charge in [-0.3, -0.25) is 43.5 Å². The third kappa shape index (κ3) is 16.2. The van der Waals surface area contributed by atoms with Crippen LogP contribution in [0.1, 0.15) is 62.5 Å². The van der Waals surface area contributed by atoms with Crippen LogP contribution in [-0.4, -0.2) is 232 Å². The number of hydrogen-bond donors (Lipinski definition) is 3. The van der Waals surface area contributed by atoms with E-state index >= 15 is 4.39 Å². The summed E-state index contributed by atoms with van der Waals surface area (Å²) < 4.78 is 46.4. The first-order valence-electron chi connectivity index (χ1n) is 42.5. The Balaban J connectivity index is 0.000000124. The van der Waals surface area contributed by atoms with Crippen molar-refractivity contribution < 1.29 is 42.5 Å². The lowest BCUT2D eigenvalue weighted by atomic mass is 9.87. The minimum atomic E-state index is -0.666. The number of halogens is 1. The zero-order chi connectivity index (χ0) is 87.3. The van der Waals surface area contributed by atoms with Gasteiger partial charge in [-0.05, 0) is 169 Å².